The highest BCUT2D eigenvalue weighted by Crippen LogP contribution is 2.23. The molecule has 160 valence electrons. The summed E-state index contributed by atoms with van der Waals surface area (Å²) in [6.07, 6.45) is 0. The maximum atomic E-state index is 12.9. The fourth-order valence-electron chi connectivity index (χ4n) is 3.09. The Balaban J connectivity index is 1.96. The molecule has 0 aliphatic carbocycles. The van der Waals surface area contributed by atoms with Crippen molar-refractivity contribution in [2.24, 2.45) is 0 Å². The van der Waals surface area contributed by atoms with Crippen LogP contribution in [0.4, 0.5) is 0 Å². The van der Waals surface area contributed by atoms with Gasteiger partial charge in [0.25, 0.3) is 0 Å². The van der Waals surface area contributed by atoms with E-state index in [2.05, 4.69) is 34.7 Å². The predicted molar refractivity (Wildman–Crippen MR) is 117 cm³/mol. The minimum atomic E-state index is -3.62. The summed E-state index contributed by atoms with van der Waals surface area (Å²) < 4.78 is 28.6. The lowest BCUT2D eigenvalue weighted by Crippen LogP contribution is -2.32. The number of sulfonamides is 1. The second-order valence-corrected chi connectivity index (χ2v) is 9.80. The SMILES string of the molecule is CCN(CC)S(=O)(=O)c1c(C)nn(CC(=O)NCCSc2ccc(C)cc2)c1C. The zero-order valence-electron chi connectivity index (χ0n) is 17.7. The number of rotatable bonds is 10. The summed E-state index contributed by atoms with van der Waals surface area (Å²) in [5.41, 5.74) is 2.12. The lowest BCUT2D eigenvalue weighted by atomic mass is 10.2. The van der Waals surface area contributed by atoms with E-state index in [1.807, 2.05) is 6.92 Å². The summed E-state index contributed by atoms with van der Waals surface area (Å²) in [5, 5.41) is 7.17. The number of hydrogen-bond acceptors (Lipinski definition) is 5. The molecule has 0 aliphatic heterocycles. The average Bonchev–Trinajstić information content (AvgIpc) is 2.94. The van der Waals surface area contributed by atoms with Crippen molar-refractivity contribution in [1.29, 1.82) is 0 Å². The van der Waals surface area contributed by atoms with Crippen LogP contribution in [0.5, 0.6) is 0 Å². The van der Waals surface area contributed by atoms with Crippen LogP contribution in [0.25, 0.3) is 0 Å². The van der Waals surface area contributed by atoms with E-state index in [9.17, 15) is 13.2 Å². The van der Waals surface area contributed by atoms with E-state index >= 15 is 0 Å². The third-order valence-corrected chi connectivity index (χ3v) is 7.94. The van der Waals surface area contributed by atoms with Gasteiger partial charge in [0.1, 0.15) is 11.4 Å². The topological polar surface area (TPSA) is 84.3 Å². The van der Waals surface area contributed by atoms with Gasteiger partial charge < -0.3 is 5.32 Å². The third-order valence-electron chi connectivity index (χ3n) is 4.63. The van der Waals surface area contributed by atoms with E-state index in [0.717, 1.165) is 10.6 Å². The molecule has 1 aromatic heterocycles. The number of aromatic nitrogens is 2. The van der Waals surface area contributed by atoms with Crippen molar-refractivity contribution in [3.05, 3.63) is 41.2 Å². The van der Waals surface area contributed by atoms with E-state index in [-0.39, 0.29) is 17.3 Å². The monoisotopic (exact) mass is 438 g/mol. The van der Waals surface area contributed by atoms with Crippen LogP contribution in [0.3, 0.4) is 0 Å². The molecular formula is C20H30N4O3S2. The van der Waals surface area contributed by atoms with Gasteiger partial charge in [-0.05, 0) is 32.9 Å². The summed E-state index contributed by atoms with van der Waals surface area (Å²) in [5.74, 6) is 0.569. The fourth-order valence-corrected chi connectivity index (χ4v) is 5.69. The number of nitrogens with zero attached hydrogens (tertiary/aromatic N) is 3. The summed E-state index contributed by atoms with van der Waals surface area (Å²) in [6, 6.07) is 8.26. The summed E-state index contributed by atoms with van der Waals surface area (Å²) >= 11 is 1.68. The van der Waals surface area contributed by atoms with Crippen LogP contribution >= 0.6 is 11.8 Å². The van der Waals surface area contributed by atoms with Crippen molar-refractivity contribution >= 4 is 27.7 Å². The average molecular weight is 439 g/mol. The number of benzene rings is 1. The van der Waals surface area contributed by atoms with Gasteiger partial charge in [-0.2, -0.15) is 9.40 Å². The maximum absolute atomic E-state index is 12.9. The van der Waals surface area contributed by atoms with Gasteiger partial charge in [0.05, 0.1) is 11.4 Å². The van der Waals surface area contributed by atoms with Crippen molar-refractivity contribution < 1.29 is 13.2 Å². The Hall–Kier alpha value is -1.84. The maximum Gasteiger partial charge on any atom is 0.246 e. The molecule has 9 heteroatoms. The molecule has 2 rings (SSSR count). The Morgan fingerprint density at radius 1 is 1.14 bits per heavy atom. The highest BCUT2D eigenvalue weighted by molar-refractivity contribution is 7.99. The molecule has 0 radical (unpaired) electrons. The zero-order valence-corrected chi connectivity index (χ0v) is 19.4. The van der Waals surface area contributed by atoms with E-state index < -0.39 is 10.0 Å². The molecule has 1 N–H and O–H groups in total. The fraction of sp³-hybridized carbons (Fsp3) is 0.500. The molecule has 1 heterocycles. The van der Waals surface area contributed by atoms with Gasteiger partial charge in [0, 0.05) is 30.3 Å². The number of amides is 1. The normalized spacial score (nSPS) is 11.8. The number of aryl methyl sites for hydroxylation is 2. The molecule has 1 aromatic carbocycles. The Morgan fingerprint density at radius 2 is 1.76 bits per heavy atom. The van der Waals surface area contributed by atoms with Gasteiger partial charge in [-0.15, -0.1) is 11.8 Å². The van der Waals surface area contributed by atoms with Crippen LogP contribution in [0, 0.1) is 20.8 Å². The summed E-state index contributed by atoms with van der Waals surface area (Å²) in [6.45, 7) is 10.3. The van der Waals surface area contributed by atoms with Crippen LogP contribution in [0.1, 0.15) is 30.8 Å². The first-order valence-electron chi connectivity index (χ1n) is 9.71. The van der Waals surface area contributed by atoms with E-state index in [1.165, 1.54) is 14.6 Å². The molecule has 7 nitrogen and oxygen atoms in total. The molecule has 29 heavy (non-hydrogen) atoms. The highest BCUT2D eigenvalue weighted by atomic mass is 32.2. The van der Waals surface area contributed by atoms with E-state index in [1.54, 1.807) is 39.5 Å². The van der Waals surface area contributed by atoms with Crippen molar-refractivity contribution in [2.75, 3.05) is 25.4 Å². The van der Waals surface area contributed by atoms with Crippen LogP contribution in [0.2, 0.25) is 0 Å². The second kappa shape index (κ2) is 10.3. The molecule has 0 aliphatic rings. The number of thioether (sulfide) groups is 1. The van der Waals surface area contributed by atoms with Gasteiger partial charge in [0.15, 0.2) is 0 Å². The molecule has 0 bridgehead atoms. The molecule has 0 atom stereocenters. The van der Waals surface area contributed by atoms with Crippen LogP contribution in [0.15, 0.2) is 34.1 Å². The Morgan fingerprint density at radius 3 is 2.34 bits per heavy atom. The van der Waals surface area contributed by atoms with E-state index in [0.29, 0.717) is 31.0 Å². The van der Waals surface area contributed by atoms with Crippen molar-refractivity contribution in [2.45, 2.75) is 51.0 Å². The largest absolute Gasteiger partial charge is 0.354 e. The quantitative estimate of drug-likeness (QED) is 0.455. The minimum absolute atomic E-state index is 0.00432. The number of hydrogen-bond donors (Lipinski definition) is 1. The van der Waals surface area contributed by atoms with Crippen LogP contribution in [-0.4, -0.2) is 53.8 Å². The first-order valence-corrected chi connectivity index (χ1v) is 12.1. The second-order valence-electron chi connectivity index (χ2n) is 6.76. The Labute approximate surface area is 177 Å². The first-order chi connectivity index (χ1) is 13.7. The summed E-state index contributed by atoms with van der Waals surface area (Å²) in [7, 11) is -3.62. The molecule has 0 spiro atoms. The lowest BCUT2D eigenvalue weighted by molar-refractivity contribution is -0.121. The van der Waals surface area contributed by atoms with Crippen molar-refractivity contribution in [1.82, 2.24) is 19.4 Å². The Bertz CT molecular complexity index is 933. The predicted octanol–water partition coefficient (Wildman–Crippen LogP) is 2.75. The Kier molecular flexibility index (Phi) is 8.30. The first kappa shape index (κ1) is 23.4. The number of carbonyl (C=O) groups is 1. The van der Waals surface area contributed by atoms with Crippen molar-refractivity contribution in [3.63, 3.8) is 0 Å². The standard InChI is InChI=1S/C20H30N4O3S2/c1-6-23(7-2)29(26,27)20-16(4)22-24(17(20)5)14-19(25)21-12-13-28-18-10-8-15(3)9-11-18/h8-11H,6-7,12-14H2,1-5H3,(H,21,25). The molecular weight excluding hydrogens is 408 g/mol. The highest BCUT2D eigenvalue weighted by Gasteiger charge is 2.29. The van der Waals surface area contributed by atoms with Gasteiger partial charge in [-0.3, -0.25) is 9.48 Å². The van der Waals surface area contributed by atoms with Gasteiger partial charge in [-0.25, -0.2) is 8.42 Å². The molecule has 0 saturated heterocycles. The van der Waals surface area contributed by atoms with Gasteiger partial charge in [-0.1, -0.05) is 31.5 Å². The van der Waals surface area contributed by atoms with E-state index in [4.69, 9.17) is 0 Å². The third kappa shape index (κ3) is 5.83. The molecule has 0 saturated carbocycles. The van der Waals surface area contributed by atoms with Crippen molar-refractivity contribution in [3.8, 4) is 0 Å². The number of nitrogens with one attached hydrogen (secondary N) is 1. The smallest absolute Gasteiger partial charge is 0.246 e. The molecule has 0 fully saturated rings. The lowest BCUT2D eigenvalue weighted by Gasteiger charge is -2.18. The van der Waals surface area contributed by atoms with Gasteiger partial charge in [0.2, 0.25) is 15.9 Å². The minimum Gasteiger partial charge on any atom is -0.354 e. The molecule has 0 unspecified atom stereocenters. The van der Waals surface area contributed by atoms with Crippen LogP contribution in [-0.2, 0) is 21.4 Å². The molecule has 1 amide bonds. The summed E-state index contributed by atoms with van der Waals surface area (Å²) in [4.78, 5) is 13.7. The van der Waals surface area contributed by atoms with Gasteiger partial charge >= 0.3 is 0 Å². The zero-order chi connectivity index (χ0) is 21.6. The molecule has 2 aromatic rings. The number of carbonyl (C=O) groups excluding carboxylic acids is 1. The van der Waals surface area contributed by atoms with Crippen LogP contribution < -0.4 is 5.32 Å².